The smallest absolute Gasteiger partial charge is 0.115 e. The number of benzene rings is 2. The minimum atomic E-state index is 0.298. The molecule has 2 aromatic carbocycles. The van der Waals surface area contributed by atoms with Gasteiger partial charge in [0.2, 0.25) is 0 Å². The lowest BCUT2D eigenvalue weighted by Gasteiger charge is -2.38. The van der Waals surface area contributed by atoms with Gasteiger partial charge in [-0.3, -0.25) is 4.90 Å². The summed E-state index contributed by atoms with van der Waals surface area (Å²) in [5.74, 6) is 0.620. The first-order valence-corrected chi connectivity index (χ1v) is 9.30. The van der Waals surface area contributed by atoms with E-state index < -0.39 is 0 Å². The predicted molar refractivity (Wildman–Crippen MR) is 106 cm³/mol. The van der Waals surface area contributed by atoms with Crippen LogP contribution in [-0.2, 0) is 0 Å². The van der Waals surface area contributed by atoms with Gasteiger partial charge in [0.15, 0.2) is 0 Å². The van der Waals surface area contributed by atoms with Crippen molar-refractivity contribution in [3.63, 3.8) is 0 Å². The van der Waals surface area contributed by atoms with Crippen LogP contribution in [0.25, 0.3) is 5.57 Å². The number of phenolic OH excluding ortho intramolecular Hbond substituents is 1. The molecule has 2 aliphatic rings. The van der Waals surface area contributed by atoms with E-state index in [1.165, 1.54) is 16.8 Å². The Morgan fingerprint density at radius 1 is 0.962 bits per heavy atom. The number of rotatable bonds is 4. The molecule has 0 aromatic heterocycles. The predicted octanol–water partition coefficient (Wildman–Crippen LogP) is 2.86. The van der Waals surface area contributed by atoms with Gasteiger partial charge in [0.05, 0.1) is 6.54 Å². The first kappa shape index (κ1) is 17.1. The topological polar surface area (TPSA) is 38.7 Å². The highest BCUT2D eigenvalue weighted by Crippen LogP contribution is 2.28. The Bertz CT molecular complexity index is 734. The van der Waals surface area contributed by atoms with Crippen LogP contribution < -0.4 is 10.2 Å². The lowest BCUT2D eigenvalue weighted by Crippen LogP contribution is -2.48. The molecule has 2 heterocycles. The third-order valence-electron chi connectivity index (χ3n) is 5.21. The van der Waals surface area contributed by atoms with Crippen molar-refractivity contribution in [2.24, 2.45) is 5.92 Å². The highest BCUT2D eigenvalue weighted by molar-refractivity contribution is 5.69. The number of nitrogens with zero attached hydrogens (tertiary/aromatic N) is 2. The summed E-state index contributed by atoms with van der Waals surface area (Å²) in [5, 5.41) is 12.7. The van der Waals surface area contributed by atoms with Crippen LogP contribution in [0, 0.1) is 12.5 Å². The highest BCUT2D eigenvalue weighted by atomic mass is 16.3. The SMILES string of the molecule is Oc1ccc(N2CCN(CC3[C]NCC=C3c3ccccc3)CC2)cc1. The van der Waals surface area contributed by atoms with Gasteiger partial charge < -0.3 is 15.3 Å². The van der Waals surface area contributed by atoms with Gasteiger partial charge in [0.1, 0.15) is 5.75 Å². The van der Waals surface area contributed by atoms with E-state index in [-0.39, 0.29) is 0 Å². The molecule has 2 N–H and O–H groups in total. The van der Waals surface area contributed by atoms with Gasteiger partial charge in [-0.1, -0.05) is 36.4 Å². The van der Waals surface area contributed by atoms with Crippen LogP contribution in [0.2, 0.25) is 0 Å². The van der Waals surface area contributed by atoms with Gasteiger partial charge in [-0.15, -0.1) is 0 Å². The molecule has 0 bridgehead atoms. The molecule has 4 nitrogen and oxygen atoms in total. The largest absolute Gasteiger partial charge is 0.508 e. The van der Waals surface area contributed by atoms with E-state index in [2.05, 4.69) is 58.1 Å². The number of aromatic hydroxyl groups is 1. The van der Waals surface area contributed by atoms with E-state index in [1.807, 2.05) is 12.1 Å². The fourth-order valence-corrected chi connectivity index (χ4v) is 3.77. The minimum Gasteiger partial charge on any atom is -0.508 e. The van der Waals surface area contributed by atoms with Gasteiger partial charge in [-0.2, -0.15) is 0 Å². The Morgan fingerprint density at radius 3 is 2.42 bits per heavy atom. The molecule has 0 aliphatic carbocycles. The molecule has 4 rings (SSSR count). The van der Waals surface area contributed by atoms with Crippen molar-refractivity contribution in [1.82, 2.24) is 10.2 Å². The second-order valence-corrected chi connectivity index (χ2v) is 6.91. The average Bonchev–Trinajstić information content (AvgIpc) is 2.70. The van der Waals surface area contributed by atoms with Gasteiger partial charge >= 0.3 is 0 Å². The Labute approximate surface area is 155 Å². The molecule has 1 atom stereocenters. The van der Waals surface area contributed by atoms with Crippen LogP contribution in [0.1, 0.15) is 5.56 Å². The van der Waals surface area contributed by atoms with Gasteiger partial charge in [0, 0.05) is 50.9 Å². The molecule has 2 radical (unpaired) electrons. The number of hydrogen-bond donors (Lipinski definition) is 2. The molecule has 2 aromatic rings. The van der Waals surface area contributed by atoms with Gasteiger partial charge in [-0.05, 0) is 35.4 Å². The monoisotopic (exact) mass is 347 g/mol. The van der Waals surface area contributed by atoms with E-state index in [4.69, 9.17) is 0 Å². The molecule has 0 saturated carbocycles. The quantitative estimate of drug-likeness (QED) is 0.892. The second kappa shape index (κ2) is 7.94. The summed E-state index contributed by atoms with van der Waals surface area (Å²) in [7, 11) is 0. The maximum Gasteiger partial charge on any atom is 0.115 e. The van der Waals surface area contributed by atoms with Crippen molar-refractivity contribution in [1.29, 1.82) is 0 Å². The number of anilines is 1. The van der Waals surface area contributed by atoms with E-state index in [0.717, 1.165) is 39.3 Å². The Hall–Kier alpha value is -2.30. The number of phenols is 1. The van der Waals surface area contributed by atoms with Crippen molar-refractivity contribution in [2.45, 2.75) is 0 Å². The Kier molecular flexibility index (Phi) is 5.23. The number of hydrogen-bond acceptors (Lipinski definition) is 4. The lowest BCUT2D eigenvalue weighted by atomic mass is 9.89. The van der Waals surface area contributed by atoms with Gasteiger partial charge in [0.25, 0.3) is 0 Å². The molecule has 1 fully saturated rings. The Balaban J connectivity index is 1.37. The maximum absolute atomic E-state index is 9.45. The molecule has 4 heteroatoms. The number of nitrogens with one attached hydrogen (secondary N) is 1. The molecular formula is C22H25N3O. The fourth-order valence-electron chi connectivity index (χ4n) is 3.77. The zero-order valence-corrected chi connectivity index (χ0v) is 14.9. The molecule has 0 spiro atoms. The van der Waals surface area contributed by atoms with Crippen LogP contribution in [-0.4, -0.2) is 49.3 Å². The number of piperazine rings is 1. The van der Waals surface area contributed by atoms with E-state index >= 15 is 0 Å². The van der Waals surface area contributed by atoms with Crippen molar-refractivity contribution in [3.8, 4) is 5.75 Å². The minimum absolute atomic E-state index is 0.298. The first-order chi connectivity index (χ1) is 12.8. The summed E-state index contributed by atoms with van der Waals surface area (Å²) >= 11 is 0. The summed E-state index contributed by atoms with van der Waals surface area (Å²) in [6.07, 6.45) is 2.29. The van der Waals surface area contributed by atoms with Crippen LogP contribution in [0.15, 0.2) is 60.7 Å². The molecule has 2 aliphatic heterocycles. The third kappa shape index (κ3) is 3.92. The fraction of sp³-hybridized carbons (Fsp3) is 0.318. The summed E-state index contributed by atoms with van der Waals surface area (Å²) in [6, 6.07) is 18.2. The van der Waals surface area contributed by atoms with Crippen molar-refractivity contribution >= 4 is 11.3 Å². The zero-order chi connectivity index (χ0) is 17.8. The molecule has 0 amide bonds. The molecular weight excluding hydrogens is 322 g/mol. The van der Waals surface area contributed by atoms with Crippen LogP contribution >= 0.6 is 0 Å². The lowest BCUT2D eigenvalue weighted by molar-refractivity contribution is 0.241. The molecule has 1 unspecified atom stereocenters. The third-order valence-corrected chi connectivity index (χ3v) is 5.21. The second-order valence-electron chi connectivity index (χ2n) is 6.91. The normalized spacial score (nSPS) is 21.5. The van der Waals surface area contributed by atoms with Crippen LogP contribution in [0.5, 0.6) is 5.75 Å². The molecule has 134 valence electrons. The first-order valence-electron chi connectivity index (χ1n) is 9.30. The summed E-state index contributed by atoms with van der Waals surface area (Å²) in [4.78, 5) is 4.91. The van der Waals surface area contributed by atoms with Gasteiger partial charge in [-0.25, -0.2) is 0 Å². The summed E-state index contributed by atoms with van der Waals surface area (Å²) in [5.41, 5.74) is 3.87. The van der Waals surface area contributed by atoms with Crippen LogP contribution in [0.3, 0.4) is 0 Å². The van der Waals surface area contributed by atoms with E-state index in [1.54, 1.807) is 12.1 Å². The zero-order valence-electron chi connectivity index (χ0n) is 14.9. The average molecular weight is 347 g/mol. The standard InChI is InChI=1S/C22H25N3O/c26-21-8-6-20(7-9-21)25-14-12-24(13-15-25)17-19-16-23-11-10-22(19)18-4-2-1-3-5-18/h1-10,19,23,26H,11-15,17H2. The van der Waals surface area contributed by atoms with Crippen molar-refractivity contribution in [3.05, 3.63) is 72.8 Å². The molecule has 26 heavy (non-hydrogen) atoms. The van der Waals surface area contributed by atoms with Crippen LogP contribution in [0.4, 0.5) is 5.69 Å². The summed E-state index contributed by atoms with van der Waals surface area (Å²) < 4.78 is 0. The van der Waals surface area contributed by atoms with Crippen molar-refractivity contribution in [2.75, 3.05) is 44.2 Å². The van der Waals surface area contributed by atoms with Crippen molar-refractivity contribution < 1.29 is 5.11 Å². The maximum atomic E-state index is 9.45. The summed E-state index contributed by atoms with van der Waals surface area (Å²) in [6.45, 7) is 9.42. The molecule has 1 saturated heterocycles. The van der Waals surface area contributed by atoms with E-state index in [0.29, 0.717) is 11.7 Å². The highest BCUT2D eigenvalue weighted by Gasteiger charge is 2.25. The van der Waals surface area contributed by atoms with E-state index in [9.17, 15) is 5.11 Å². The Morgan fingerprint density at radius 2 is 1.69 bits per heavy atom.